The third kappa shape index (κ3) is 7.11. The van der Waals surface area contributed by atoms with Crippen LogP contribution in [0.3, 0.4) is 0 Å². The van der Waals surface area contributed by atoms with E-state index in [1.165, 1.54) is 51.6 Å². The van der Waals surface area contributed by atoms with Crippen LogP contribution in [-0.4, -0.2) is 16.3 Å². The molecule has 0 fully saturated rings. The molecule has 0 heterocycles. The van der Waals surface area contributed by atoms with Crippen molar-refractivity contribution in [2.75, 3.05) is 0 Å². The van der Waals surface area contributed by atoms with Crippen molar-refractivity contribution >= 4 is 25.1 Å². The van der Waals surface area contributed by atoms with Crippen molar-refractivity contribution in [3.05, 3.63) is 0 Å². The average molecular weight is 344 g/mol. The van der Waals surface area contributed by atoms with Crippen LogP contribution < -0.4 is 0 Å². The van der Waals surface area contributed by atoms with Gasteiger partial charge in [0.05, 0.1) is 0 Å². The average Bonchev–Trinajstić information content (AvgIpc) is 2.22. The van der Waals surface area contributed by atoms with Gasteiger partial charge in [-0.25, -0.2) is 0 Å². The van der Waals surface area contributed by atoms with E-state index in [0.717, 1.165) is 0 Å². The monoisotopic (exact) mass is 342 g/mol. The Morgan fingerprint density at radius 1 is 0.733 bits per heavy atom. The van der Waals surface area contributed by atoms with E-state index in [1.807, 2.05) is 0 Å². The van der Waals surface area contributed by atoms with Gasteiger partial charge in [-0.2, -0.15) is 0 Å². The van der Waals surface area contributed by atoms with E-state index in [0.29, 0.717) is 0 Å². The quantitative estimate of drug-likeness (QED) is 0.440. The van der Waals surface area contributed by atoms with Crippen LogP contribution in [0.2, 0.25) is 18.0 Å². The normalized spacial score (nSPS) is 14.9. The maximum atomic E-state index is 7.13. The number of halogens is 1. The zero-order chi connectivity index (χ0) is 11.8. The zero-order valence-corrected chi connectivity index (χ0v) is 14.5. The Balaban J connectivity index is 4.33. The van der Waals surface area contributed by atoms with Gasteiger partial charge in [0.25, 0.3) is 0 Å². The molecule has 0 rings (SSSR count). The molecule has 0 spiro atoms. The van der Waals surface area contributed by atoms with Crippen molar-refractivity contribution in [2.24, 2.45) is 0 Å². The summed E-state index contributed by atoms with van der Waals surface area (Å²) in [6.07, 6.45) is 7.99. The zero-order valence-electron chi connectivity index (χ0n) is 11.2. The Bertz CT molecular complexity index is 137. The van der Waals surface area contributed by atoms with Gasteiger partial charge in [0.1, 0.15) is 0 Å². The second-order valence-electron chi connectivity index (χ2n) is 5.38. The van der Waals surface area contributed by atoms with E-state index in [1.54, 1.807) is 0 Å². The van der Waals surface area contributed by atoms with Crippen LogP contribution >= 0.6 is 8.83 Å². The van der Waals surface area contributed by atoms with Gasteiger partial charge in [0.15, 0.2) is 0 Å². The second-order valence-corrected chi connectivity index (χ2v) is 28.5. The first kappa shape index (κ1) is 16.1. The Hall–Kier alpha value is 1.11. The number of hydrogen-bond acceptors (Lipinski definition) is 0. The summed E-state index contributed by atoms with van der Waals surface area (Å²) >= 11 is -2.63. The topological polar surface area (TPSA) is 0 Å². The molecule has 0 atom stereocenters. The van der Waals surface area contributed by atoms with E-state index in [-0.39, 0.29) is 0 Å². The predicted octanol–water partition coefficient (Wildman–Crippen LogP) is 6.15. The summed E-state index contributed by atoms with van der Waals surface area (Å²) in [5.41, 5.74) is 0. The molecular formula is C13H30ClSb. The molecule has 0 saturated carbocycles. The first-order valence-electron chi connectivity index (χ1n) is 6.69. The van der Waals surface area contributed by atoms with Crippen molar-refractivity contribution in [2.45, 2.75) is 77.3 Å². The fourth-order valence-corrected chi connectivity index (χ4v) is 16.7. The minimum atomic E-state index is -2.63. The van der Waals surface area contributed by atoms with E-state index in [4.69, 9.17) is 8.83 Å². The molecule has 0 aliphatic rings. The third-order valence-corrected chi connectivity index (χ3v) is 20.2. The van der Waals surface area contributed by atoms with Gasteiger partial charge in [0, 0.05) is 0 Å². The molecule has 0 unspecified atom stereocenters. The van der Waals surface area contributed by atoms with Crippen LogP contribution in [-0.2, 0) is 0 Å². The summed E-state index contributed by atoms with van der Waals surface area (Å²) in [6.45, 7) is 6.85. The van der Waals surface area contributed by atoms with E-state index in [9.17, 15) is 0 Å². The second kappa shape index (κ2) is 7.44. The molecule has 0 nitrogen and oxygen atoms in total. The van der Waals surface area contributed by atoms with Gasteiger partial charge in [-0.3, -0.25) is 0 Å². The van der Waals surface area contributed by atoms with E-state index >= 15 is 0 Å². The molecule has 0 N–H and O–H groups in total. The molecule has 0 aliphatic carbocycles. The van der Waals surface area contributed by atoms with Crippen LogP contribution in [0.25, 0.3) is 0 Å². The molecule has 0 aliphatic heterocycles. The third-order valence-electron chi connectivity index (χ3n) is 3.41. The SMILES string of the molecule is CCC[CH2][Sb]([CH3])([Cl])([CH2]CCC)[CH2]CCC. The summed E-state index contributed by atoms with van der Waals surface area (Å²) in [5.74, 6) is 0. The van der Waals surface area contributed by atoms with Crippen molar-refractivity contribution < 1.29 is 0 Å². The molecule has 0 amide bonds. The van der Waals surface area contributed by atoms with Crippen molar-refractivity contribution in [3.63, 3.8) is 0 Å². The first-order valence-corrected chi connectivity index (χ1v) is 17.9. The summed E-state index contributed by atoms with van der Waals surface area (Å²) in [7, 11) is 7.13. The molecule has 0 aromatic rings. The van der Waals surface area contributed by atoms with Gasteiger partial charge in [-0.05, 0) is 0 Å². The summed E-state index contributed by atoms with van der Waals surface area (Å²) in [4.78, 5) is 2.50. The molecule has 0 radical (unpaired) electrons. The summed E-state index contributed by atoms with van der Waals surface area (Å²) in [5, 5.41) is 0. The Morgan fingerprint density at radius 2 is 1.00 bits per heavy atom. The fraction of sp³-hybridized carbons (Fsp3) is 1.00. The molecule has 0 aromatic heterocycles. The Morgan fingerprint density at radius 3 is 1.20 bits per heavy atom. The molecule has 0 saturated heterocycles. The first-order chi connectivity index (χ1) is 6.96. The Labute approximate surface area is 102 Å². The Kier molecular flexibility index (Phi) is 7.99. The molecule has 2 heteroatoms. The fourth-order valence-electron chi connectivity index (χ4n) is 2.13. The number of rotatable bonds is 9. The van der Waals surface area contributed by atoms with Gasteiger partial charge < -0.3 is 0 Å². The van der Waals surface area contributed by atoms with Crippen LogP contribution in [0.5, 0.6) is 0 Å². The summed E-state index contributed by atoms with van der Waals surface area (Å²) < 4.78 is 4.14. The number of hydrogen-bond donors (Lipinski definition) is 0. The van der Waals surface area contributed by atoms with Gasteiger partial charge in [0.2, 0.25) is 0 Å². The van der Waals surface area contributed by atoms with Gasteiger partial charge in [-0.1, -0.05) is 0 Å². The van der Waals surface area contributed by atoms with Crippen LogP contribution in [0.1, 0.15) is 59.3 Å². The predicted molar refractivity (Wildman–Crippen MR) is 76.6 cm³/mol. The van der Waals surface area contributed by atoms with E-state index in [2.05, 4.69) is 25.6 Å². The molecule has 0 bridgehead atoms. The van der Waals surface area contributed by atoms with E-state index < -0.39 is 16.3 Å². The van der Waals surface area contributed by atoms with Crippen molar-refractivity contribution in [1.29, 1.82) is 0 Å². The summed E-state index contributed by atoms with van der Waals surface area (Å²) in [6, 6.07) is 0. The maximum absolute atomic E-state index is 7.13. The van der Waals surface area contributed by atoms with Crippen LogP contribution in [0, 0.1) is 0 Å². The van der Waals surface area contributed by atoms with Gasteiger partial charge >= 0.3 is 102 Å². The van der Waals surface area contributed by atoms with Gasteiger partial charge in [-0.15, -0.1) is 0 Å². The van der Waals surface area contributed by atoms with Crippen LogP contribution in [0.15, 0.2) is 0 Å². The molecule has 0 aromatic carbocycles. The minimum absolute atomic E-state index is 1.31. The standard InChI is InChI=1S/3C4H9.CH3.ClH.Sb/c3*1-3-4-2;;;/h3*1,3-4H2,2H3;1H3;1H;/q;;;;;+1/p-1. The molecule has 15 heavy (non-hydrogen) atoms. The molecule has 94 valence electrons. The van der Waals surface area contributed by atoms with Crippen molar-refractivity contribution in [1.82, 2.24) is 0 Å². The molecular weight excluding hydrogens is 313 g/mol. The van der Waals surface area contributed by atoms with Crippen LogP contribution in [0.4, 0.5) is 0 Å². The number of unbranched alkanes of at least 4 members (excludes halogenated alkanes) is 3. The van der Waals surface area contributed by atoms with Crippen molar-refractivity contribution in [3.8, 4) is 0 Å².